The minimum atomic E-state index is -0.613. The number of benzene rings is 1. The molecule has 10 nitrogen and oxygen atoms in total. The molecule has 3 aliphatic rings. The SMILES string of the molecule is O=C1CCC(N2Cc3c(CNc4n[nH]c(C5CCCN5)n4)cccc3C2=O)C(=O)N1. The number of carbonyl (C=O) groups is 3. The Kier molecular flexibility index (Phi) is 4.70. The molecule has 2 unspecified atom stereocenters. The van der Waals surface area contributed by atoms with Gasteiger partial charge < -0.3 is 15.5 Å². The van der Waals surface area contributed by atoms with Gasteiger partial charge in [-0.2, -0.15) is 4.98 Å². The molecule has 0 saturated carbocycles. The molecular formula is C20H23N7O3. The molecule has 10 heteroatoms. The van der Waals surface area contributed by atoms with Crippen molar-refractivity contribution in [1.82, 2.24) is 30.7 Å². The lowest BCUT2D eigenvalue weighted by Crippen LogP contribution is -2.52. The molecule has 0 spiro atoms. The smallest absolute Gasteiger partial charge is 0.255 e. The summed E-state index contributed by atoms with van der Waals surface area (Å²) in [5.74, 6) is 0.480. The maximum Gasteiger partial charge on any atom is 0.255 e. The van der Waals surface area contributed by atoms with Gasteiger partial charge >= 0.3 is 0 Å². The average Bonchev–Trinajstić information content (AvgIpc) is 3.47. The second-order valence-electron chi connectivity index (χ2n) is 7.89. The summed E-state index contributed by atoms with van der Waals surface area (Å²) in [7, 11) is 0. The van der Waals surface area contributed by atoms with Crippen molar-refractivity contribution in [2.24, 2.45) is 0 Å². The summed E-state index contributed by atoms with van der Waals surface area (Å²) >= 11 is 0. The number of imide groups is 1. The third kappa shape index (κ3) is 3.32. The van der Waals surface area contributed by atoms with Gasteiger partial charge in [-0.1, -0.05) is 12.1 Å². The number of anilines is 1. The van der Waals surface area contributed by atoms with E-state index in [1.807, 2.05) is 12.1 Å². The Morgan fingerprint density at radius 3 is 2.90 bits per heavy atom. The molecule has 4 heterocycles. The number of amides is 3. The number of nitrogens with zero attached hydrogens (tertiary/aromatic N) is 3. The quantitative estimate of drug-likeness (QED) is 0.532. The van der Waals surface area contributed by atoms with Crippen LogP contribution in [0, 0.1) is 0 Å². The third-order valence-corrected chi connectivity index (χ3v) is 6.01. The summed E-state index contributed by atoms with van der Waals surface area (Å²) in [6.07, 6.45) is 2.77. The third-order valence-electron chi connectivity index (χ3n) is 6.01. The number of aromatic nitrogens is 3. The number of hydrogen-bond donors (Lipinski definition) is 4. The van der Waals surface area contributed by atoms with Gasteiger partial charge in [0.25, 0.3) is 5.91 Å². The highest BCUT2D eigenvalue weighted by Crippen LogP contribution is 2.30. The molecule has 2 aromatic rings. The van der Waals surface area contributed by atoms with E-state index in [4.69, 9.17) is 0 Å². The van der Waals surface area contributed by atoms with Crippen molar-refractivity contribution in [1.29, 1.82) is 0 Å². The molecule has 2 saturated heterocycles. The van der Waals surface area contributed by atoms with Gasteiger partial charge in [0.05, 0.1) is 6.04 Å². The molecule has 4 N–H and O–H groups in total. The van der Waals surface area contributed by atoms with Crippen molar-refractivity contribution in [3.05, 3.63) is 40.7 Å². The van der Waals surface area contributed by atoms with Crippen molar-refractivity contribution in [3.8, 4) is 0 Å². The Hall–Kier alpha value is -3.27. The molecular weight excluding hydrogens is 386 g/mol. The largest absolute Gasteiger partial charge is 0.349 e. The highest BCUT2D eigenvalue weighted by atomic mass is 16.2. The zero-order valence-electron chi connectivity index (χ0n) is 16.4. The van der Waals surface area contributed by atoms with Gasteiger partial charge in [0.2, 0.25) is 17.8 Å². The molecule has 1 aromatic carbocycles. The first-order valence-corrected chi connectivity index (χ1v) is 10.2. The van der Waals surface area contributed by atoms with Gasteiger partial charge in [0, 0.05) is 25.1 Å². The summed E-state index contributed by atoms with van der Waals surface area (Å²) in [5.41, 5.74) is 2.46. The van der Waals surface area contributed by atoms with E-state index in [1.165, 1.54) is 0 Å². The second kappa shape index (κ2) is 7.52. The van der Waals surface area contributed by atoms with Crippen LogP contribution in [0.15, 0.2) is 18.2 Å². The van der Waals surface area contributed by atoms with E-state index in [0.29, 0.717) is 31.0 Å². The maximum atomic E-state index is 12.9. The summed E-state index contributed by atoms with van der Waals surface area (Å²) in [5, 5.41) is 16.2. The molecule has 156 valence electrons. The van der Waals surface area contributed by atoms with Crippen molar-refractivity contribution in [3.63, 3.8) is 0 Å². The normalized spacial score (nSPS) is 23.6. The molecule has 0 bridgehead atoms. The molecule has 5 rings (SSSR count). The summed E-state index contributed by atoms with van der Waals surface area (Å²) < 4.78 is 0. The first-order valence-electron chi connectivity index (χ1n) is 10.2. The van der Waals surface area contributed by atoms with Crippen LogP contribution in [0.1, 0.15) is 59.0 Å². The minimum Gasteiger partial charge on any atom is -0.349 e. The first-order chi connectivity index (χ1) is 14.6. The van der Waals surface area contributed by atoms with Crippen molar-refractivity contribution in [2.75, 3.05) is 11.9 Å². The number of rotatable bonds is 5. The number of fused-ring (bicyclic) bond motifs is 1. The van der Waals surface area contributed by atoms with Crippen LogP contribution in [0.5, 0.6) is 0 Å². The minimum absolute atomic E-state index is 0.172. The fraction of sp³-hybridized carbons (Fsp3) is 0.450. The van der Waals surface area contributed by atoms with E-state index in [9.17, 15) is 14.4 Å². The van der Waals surface area contributed by atoms with E-state index in [0.717, 1.165) is 36.3 Å². The highest BCUT2D eigenvalue weighted by Gasteiger charge is 2.39. The monoisotopic (exact) mass is 409 g/mol. The molecule has 0 aliphatic carbocycles. The predicted octanol–water partition coefficient (Wildman–Crippen LogP) is 0.602. The lowest BCUT2D eigenvalue weighted by atomic mass is 10.0. The topological polar surface area (TPSA) is 132 Å². The van der Waals surface area contributed by atoms with E-state index in [1.54, 1.807) is 11.0 Å². The van der Waals surface area contributed by atoms with Crippen molar-refractivity contribution >= 4 is 23.7 Å². The fourth-order valence-corrected chi connectivity index (χ4v) is 4.42. The van der Waals surface area contributed by atoms with Gasteiger partial charge in [-0.25, -0.2) is 0 Å². The number of piperidine rings is 1. The van der Waals surface area contributed by atoms with Crippen molar-refractivity contribution < 1.29 is 14.4 Å². The summed E-state index contributed by atoms with van der Waals surface area (Å²) in [6, 6.07) is 5.18. The predicted molar refractivity (Wildman–Crippen MR) is 106 cm³/mol. The van der Waals surface area contributed by atoms with Crippen LogP contribution in [0.2, 0.25) is 0 Å². The van der Waals surface area contributed by atoms with Gasteiger partial charge in [-0.3, -0.25) is 24.8 Å². The molecule has 3 amide bonds. The van der Waals surface area contributed by atoms with Crippen molar-refractivity contribution in [2.45, 2.75) is 50.9 Å². The Balaban J connectivity index is 1.30. The lowest BCUT2D eigenvalue weighted by Gasteiger charge is -2.29. The molecule has 1 aromatic heterocycles. The Morgan fingerprint density at radius 1 is 1.20 bits per heavy atom. The molecule has 30 heavy (non-hydrogen) atoms. The Morgan fingerprint density at radius 2 is 2.10 bits per heavy atom. The van der Waals surface area contributed by atoms with Gasteiger partial charge in [0.1, 0.15) is 11.9 Å². The number of H-pyrrole nitrogens is 1. The van der Waals surface area contributed by atoms with Crippen LogP contribution in [0.4, 0.5) is 5.95 Å². The average molecular weight is 409 g/mol. The van der Waals surface area contributed by atoms with Crippen LogP contribution >= 0.6 is 0 Å². The van der Waals surface area contributed by atoms with Gasteiger partial charge in [-0.05, 0) is 43.0 Å². The second-order valence-corrected chi connectivity index (χ2v) is 7.89. The van der Waals surface area contributed by atoms with E-state index in [2.05, 4.69) is 31.1 Å². The number of carbonyl (C=O) groups excluding carboxylic acids is 3. The highest BCUT2D eigenvalue weighted by molar-refractivity contribution is 6.05. The molecule has 3 aliphatic heterocycles. The first kappa shape index (κ1) is 18.7. The van der Waals surface area contributed by atoms with Gasteiger partial charge in [-0.15, -0.1) is 5.10 Å². The van der Waals surface area contributed by atoms with Crippen LogP contribution in [-0.2, 0) is 22.7 Å². The molecule has 2 atom stereocenters. The number of aromatic amines is 1. The standard InChI is InChI=1S/C20H23N7O3/c28-16-7-6-15(18(29)23-16)27-10-13-11(3-1-4-12(13)19(27)30)9-22-20-24-17(25-26-20)14-5-2-8-21-14/h1,3-4,14-15,21H,2,5-10H2,(H,23,28,29)(H2,22,24,25,26). The summed E-state index contributed by atoms with van der Waals surface area (Å²) in [6.45, 7) is 1.81. The zero-order chi connectivity index (χ0) is 20.7. The van der Waals surface area contributed by atoms with Crippen LogP contribution in [-0.4, -0.2) is 50.4 Å². The lowest BCUT2D eigenvalue weighted by molar-refractivity contribution is -0.136. The number of nitrogens with one attached hydrogen (secondary N) is 4. The van der Waals surface area contributed by atoms with Gasteiger partial charge in [0.15, 0.2) is 0 Å². The van der Waals surface area contributed by atoms with E-state index in [-0.39, 0.29) is 24.3 Å². The molecule has 2 fully saturated rings. The fourth-order valence-electron chi connectivity index (χ4n) is 4.42. The van der Waals surface area contributed by atoms with Crippen LogP contribution in [0.3, 0.4) is 0 Å². The Labute approximate surface area is 172 Å². The zero-order valence-corrected chi connectivity index (χ0v) is 16.4. The number of hydrogen-bond acceptors (Lipinski definition) is 7. The Bertz CT molecular complexity index is 1010. The van der Waals surface area contributed by atoms with E-state index < -0.39 is 11.9 Å². The van der Waals surface area contributed by atoms with Crippen LogP contribution < -0.4 is 16.0 Å². The maximum absolute atomic E-state index is 12.9. The molecule has 0 radical (unpaired) electrons. The van der Waals surface area contributed by atoms with E-state index >= 15 is 0 Å². The van der Waals surface area contributed by atoms with Crippen LogP contribution in [0.25, 0.3) is 0 Å². The summed E-state index contributed by atoms with van der Waals surface area (Å²) in [4.78, 5) is 42.6.